The maximum absolute atomic E-state index is 4.89. The molecule has 1 aliphatic carbocycles. The highest BCUT2D eigenvalue weighted by Crippen LogP contribution is 2.25. The van der Waals surface area contributed by atoms with E-state index in [0.717, 1.165) is 24.5 Å². The Morgan fingerprint density at radius 2 is 1.88 bits per heavy atom. The Balaban J connectivity index is 2.51. The van der Waals surface area contributed by atoms with Crippen molar-refractivity contribution in [3.05, 3.63) is 85.4 Å². The van der Waals surface area contributed by atoms with Crippen molar-refractivity contribution in [3.63, 3.8) is 0 Å². The number of amidine groups is 1. The topological polar surface area (TPSA) is 18.8 Å². The Bertz CT molecular complexity index is 671. The monoisotopic (exact) mass is 335 g/mol. The van der Waals surface area contributed by atoms with Crippen molar-refractivity contribution < 1.29 is 0 Å². The third-order valence-corrected chi connectivity index (χ3v) is 4.26. The number of hydrogen-bond acceptors (Lipinski definition) is 3. The summed E-state index contributed by atoms with van der Waals surface area (Å²) in [6, 6.07) is 0.0146. The molecule has 0 aromatic heterocycles. The quantitative estimate of drug-likeness (QED) is 0.673. The van der Waals surface area contributed by atoms with Crippen molar-refractivity contribution in [1.29, 1.82) is 0 Å². The minimum Gasteiger partial charge on any atom is -0.366 e. The van der Waals surface area contributed by atoms with Crippen molar-refractivity contribution in [3.8, 4) is 0 Å². The van der Waals surface area contributed by atoms with Crippen LogP contribution >= 0.6 is 0 Å². The van der Waals surface area contributed by atoms with Gasteiger partial charge in [0.1, 0.15) is 11.7 Å². The number of aliphatic imine (C=N–C) groups is 1. The van der Waals surface area contributed by atoms with Crippen LogP contribution in [0.15, 0.2) is 90.4 Å². The molecule has 0 N–H and O–H groups in total. The van der Waals surface area contributed by atoms with Crippen LogP contribution in [0, 0.1) is 5.92 Å². The molecule has 1 aliphatic heterocycles. The van der Waals surface area contributed by atoms with E-state index < -0.39 is 0 Å². The van der Waals surface area contributed by atoms with E-state index in [-0.39, 0.29) is 12.0 Å². The van der Waals surface area contributed by atoms with Gasteiger partial charge in [-0.25, -0.2) is 4.99 Å². The molecular weight excluding hydrogens is 306 g/mol. The van der Waals surface area contributed by atoms with Crippen LogP contribution in [0.1, 0.15) is 19.8 Å². The second-order valence-corrected chi connectivity index (χ2v) is 6.43. The lowest BCUT2D eigenvalue weighted by Gasteiger charge is -2.33. The van der Waals surface area contributed by atoms with Gasteiger partial charge >= 0.3 is 0 Å². The third kappa shape index (κ3) is 4.96. The van der Waals surface area contributed by atoms with E-state index in [9.17, 15) is 0 Å². The summed E-state index contributed by atoms with van der Waals surface area (Å²) in [6.07, 6.45) is 22.9. The summed E-state index contributed by atoms with van der Waals surface area (Å²) in [7, 11) is 4.05. The van der Waals surface area contributed by atoms with Crippen molar-refractivity contribution >= 4 is 5.84 Å². The van der Waals surface area contributed by atoms with E-state index in [0.29, 0.717) is 0 Å². The predicted octanol–water partition coefficient (Wildman–Crippen LogP) is 4.83. The third-order valence-electron chi connectivity index (χ3n) is 4.26. The van der Waals surface area contributed by atoms with E-state index in [1.54, 1.807) is 0 Å². The largest absolute Gasteiger partial charge is 0.366 e. The van der Waals surface area contributed by atoms with Crippen molar-refractivity contribution in [2.75, 3.05) is 14.1 Å². The van der Waals surface area contributed by atoms with Crippen LogP contribution in [-0.2, 0) is 0 Å². The highest BCUT2D eigenvalue weighted by atomic mass is 15.3. The molecule has 2 atom stereocenters. The Morgan fingerprint density at radius 3 is 2.60 bits per heavy atom. The molecule has 2 unspecified atom stereocenters. The number of hydrogen-bond donors (Lipinski definition) is 0. The van der Waals surface area contributed by atoms with E-state index in [2.05, 4.69) is 84.6 Å². The first kappa shape index (κ1) is 18.8. The smallest absolute Gasteiger partial charge is 0.128 e. The molecule has 0 aromatic rings. The van der Waals surface area contributed by atoms with Crippen LogP contribution in [0.25, 0.3) is 0 Å². The Morgan fingerprint density at radius 1 is 1.16 bits per heavy atom. The summed E-state index contributed by atoms with van der Waals surface area (Å²) < 4.78 is 0. The summed E-state index contributed by atoms with van der Waals surface area (Å²) in [5.74, 6) is 1.95. The van der Waals surface area contributed by atoms with Crippen LogP contribution in [-0.4, -0.2) is 35.8 Å². The summed E-state index contributed by atoms with van der Waals surface area (Å²) in [5.41, 5.74) is 1.19. The first-order valence-electron chi connectivity index (χ1n) is 8.77. The van der Waals surface area contributed by atoms with Crippen molar-refractivity contribution in [1.82, 2.24) is 9.80 Å². The molecule has 2 aliphatic rings. The van der Waals surface area contributed by atoms with Gasteiger partial charge in [0.15, 0.2) is 0 Å². The van der Waals surface area contributed by atoms with Crippen LogP contribution in [0.2, 0.25) is 0 Å². The fourth-order valence-electron chi connectivity index (χ4n) is 3.00. The fourth-order valence-corrected chi connectivity index (χ4v) is 3.00. The Hall–Kier alpha value is -2.55. The van der Waals surface area contributed by atoms with Crippen molar-refractivity contribution in [2.45, 2.75) is 25.8 Å². The standard InChI is InChI=1S/C22H29N3/c1-6-20-15-13-12-14-18(2)22(24(4)5)23-19(3)25(20)21-16-10-8-7-9-11-17-21/h6-10,12-15,17-18,20H,1,3,11,16H2,2,4-5H3/b9-7-,10-8-,14-12-,15-13-,21-17+,23-22?. The second kappa shape index (κ2) is 9.07. The van der Waals surface area contributed by atoms with Gasteiger partial charge in [-0.05, 0) is 6.42 Å². The van der Waals surface area contributed by atoms with Gasteiger partial charge in [0.2, 0.25) is 0 Å². The predicted molar refractivity (Wildman–Crippen MR) is 109 cm³/mol. The number of rotatable bonds is 2. The second-order valence-electron chi connectivity index (χ2n) is 6.43. The van der Waals surface area contributed by atoms with Gasteiger partial charge in [-0.3, -0.25) is 0 Å². The summed E-state index contributed by atoms with van der Waals surface area (Å²) in [5, 5.41) is 0. The highest BCUT2D eigenvalue weighted by molar-refractivity contribution is 5.86. The molecule has 0 fully saturated rings. The van der Waals surface area contributed by atoms with Gasteiger partial charge < -0.3 is 9.80 Å². The molecule has 0 bridgehead atoms. The lowest BCUT2D eigenvalue weighted by atomic mass is 10.1. The number of allylic oxidation sites excluding steroid dienone is 7. The zero-order valence-electron chi connectivity index (χ0n) is 15.6. The van der Waals surface area contributed by atoms with Gasteiger partial charge in [0.05, 0.1) is 6.04 Å². The molecule has 3 heteroatoms. The van der Waals surface area contributed by atoms with Gasteiger partial charge in [-0.15, -0.1) is 6.58 Å². The fraction of sp³-hybridized carbons (Fsp3) is 0.318. The van der Waals surface area contributed by atoms with Crippen LogP contribution < -0.4 is 0 Å². The van der Waals surface area contributed by atoms with Gasteiger partial charge in [-0.1, -0.05) is 74.3 Å². The molecule has 0 amide bonds. The Labute approximate surface area is 152 Å². The first-order chi connectivity index (χ1) is 12.0. The van der Waals surface area contributed by atoms with E-state index in [1.165, 1.54) is 5.70 Å². The zero-order chi connectivity index (χ0) is 18.2. The van der Waals surface area contributed by atoms with E-state index in [4.69, 9.17) is 4.99 Å². The molecule has 132 valence electrons. The summed E-state index contributed by atoms with van der Waals surface area (Å²) >= 11 is 0. The van der Waals surface area contributed by atoms with E-state index in [1.807, 2.05) is 20.2 Å². The average Bonchev–Trinajstić information content (AvgIpc) is 2.55. The molecule has 0 saturated heterocycles. The highest BCUT2D eigenvalue weighted by Gasteiger charge is 2.21. The molecule has 0 saturated carbocycles. The van der Waals surface area contributed by atoms with Crippen LogP contribution in [0.4, 0.5) is 0 Å². The van der Waals surface area contributed by atoms with Gasteiger partial charge in [-0.2, -0.15) is 0 Å². The minimum atomic E-state index is 0.0146. The SMILES string of the molecule is C=CC1/C=C\C=C/C(C)C(N(C)C)=NC(=C)N1/C1=C/C/C=C\C=C/C1. The maximum Gasteiger partial charge on any atom is 0.128 e. The van der Waals surface area contributed by atoms with Crippen LogP contribution in [0.3, 0.4) is 0 Å². The molecule has 3 nitrogen and oxygen atoms in total. The molecular formula is C22H29N3. The molecule has 0 aromatic carbocycles. The molecule has 0 radical (unpaired) electrons. The first-order valence-corrected chi connectivity index (χ1v) is 8.77. The Kier molecular flexibility index (Phi) is 6.81. The minimum absolute atomic E-state index is 0.0146. The lowest BCUT2D eigenvalue weighted by Crippen LogP contribution is -2.33. The molecule has 25 heavy (non-hydrogen) atoms. The lowest BCUT2D eigenvalue weighted by molar-refractivity contribution is 0.396. The van der Waals surface area contributed by atoms with E-state index >= 15 is 0 Å². The summed E-state index contributed by atoms with van der Waals surface area (Å²) in [6.45, 7) is 10.5. The average molecular weight is 335 g/mol. The number of nitrogens with zero attached hydrogens (tertiary/aromatic N) is 3. The van der Waals surface area contributed by atoms with Gasteiger partial charge in [0, 0.05) is 32.1 Å². The molecule has 0 spiro atoms. The molecule has 2 rings (SSSR count). The molecule has 1 heterocycles. The van der Waals surface area contributed by atoms with Gasteiger partial charge in [0.25, 0.3) is 0 Å². The summed E-state index contributed by atoms with van der Waals surface area (Å²) in [4.78, 5) is 9.13. The normalized spacial score (nSPS) is 31.5. The zero-order valence-corrected chi connectivity index (χ0v) is 15.6. The maximum atomic E-state index is 4.89. The van der Waals surface area contributed by atoms with Crippen LogP contribution in [0.5, 0.6) is 0 Å². The van der Waals surface area contributed by atoms with Crippen molar-refractivity contribution in [2.24, 2.45) is 10.9 Å².